The lowest BCUT2D eigenvalue weighted by Crippen LogP contribution is -2.53. The third-order valence-electron chi connectivity index (χ3n) is 5.65. The Morgan fingerprint density at radius 2 is 1.86 bits per heavy atom. The Labute approximate surface area is 170 Å². The first-order valence-corrected chi connectivity index (χ1v) is 10.1. The number of hydrogen-bond acceptors (Lipinski definition) is 4. The van der Waals surface area contributed by atoms with E-state index in [1.54, 1.807) is 0 Å². The fraction of sp³-hybridized carbons (Fsp3) is 0.458. The molecule has 1 unspecified atom stereocenters. The van der Waals surface area contributed by atoms with Crippen LogP contribution in [0.3, 0.4) is 0 Å². The van der Waals surface area contributed by atoms with Crippen molar-refractivity contribution in [2.24, 2.45) is 0 Å². The predicted octanol–water partition coefficient (Wildman–Crippen LogP) is 3.86. The third kappa shape index (κ3) is 5.21. The molecule has 0 spiro atoms. The zero-order valence-corrected chi connectivity index (χ0v) is 17.8. The average molecular weight is 383 g/mol. The van der Waals surface area contributed by atoms with Gasteiger partial charge in [0.2, 0.25) is 0 Å². The van der Waals surface area contributed by atoms with Crippen LogP contribution in [0, 0.1) is 0 Å². The molecule has 2 rings (SSSR count). The lowest BCUT2D eigenvalue weighted by atomic mass is 9.79. The van der Waals surface area contributed by atoms with Crippen molar-refractivity contribution < 1.29 is 9.53 Å². The second-order valence-electron chi connectivity index (χ2n) is 7.44. The van der Waals surface area contributed by atoms with Crippen LogP contribution < -0.4 is 0 Å². The number of nitrogens with zero attached hydrogens (tertiary/aromatic N) is 2. The van der Waals surface area contributed by atoms with Crippen LogP contribution in [0.4, 0.5) is 0 Å². The molecule has 0 N–H and O–H groups in total. The zero-order valence-electron chi connectivity index (χ0n) is 17.8. The predicted molar refractivity (Wildman–Crippen MR) is 116 cm³/mol. The molecule has 0 aromatic heterocycles. The number of ketones is 1. The number of likely N-dealkylation sites (N-methyl/N-ethyl adjacent to an activating group) is 1. The minimum Gasteiger partial charge on any atom is -0.378 e. The van der Waals surface area contributed by atoms with E-state index in [2.05, 4.69) is 35.4 Å². The summed E-state index contributed by atoms with van der Waals surface area (Å²) in [6, 6.07) is 10.2. The molecular formula is C24H34N2O2. The molecule has 1 saturated heterocycles. The van der Waals surface area contributed by atoms with Gasteiger partial charge in [0, 0.05) is 24.4 Å². The standard InChI is InChI=1S/C24H34N2O2/c1-6-22(14-13-20(3)26-15-17-28-18-16-26)23(27)24(7-2,25(4)5)19-21-11-9-8-10-12-21/h6,8-14H,3,7,15-19H2,1-2,4-5H3/b14-13-,22-6+. The molecule has 0 radical (unpaired) electrons. The molecule has 1 heterocycles. The maximum atomic E-state index is 13.6. The monoisotopic (exact) mass is 382 g/mol. The molecule has 152 valence electrons. The van der Waals surface area contributed by atoms with E-state index >= 15 is 0 Å². The lowest BCUT2D eigenvalue weighted by molar-refractivity contribution is -0.125. The van der Waals surface area contributed by atoms with Crippen molar-refractivity contribution in [1.82, 2.24) is 9.80 Å². The van der Waals surface area contributed by atoms with E-state index in [0.717, 1.165) is 44.0 Å². The fourth-order valence-electron chi connectivity index (χ4n) is 3.69. The molecule has 1 atom stereocenters. The Hall–Kier alpha value is -2.17. The van der Waals surface area contributed by atoms with E-state index in [0.29, 0.717) is 6.42 Å². The van der Waals surface area contributed by atoms with E-state index < -0.39 is 5.54 Å². The first-order chi connectivity index (χ1) is 13.4. The van der Waals surface area contributed by atoms with Gasteiger partial charge in [0.15, 0.2) is 5.78 Å². The van der Waals surface area contributed by atoms with Crippen molar-refractivity contribution in [3.63, 3.8) is 0 Å². The smallest absolute Gasteiger partial charge is 0.183 e. The Morgan fingerprint density at radius 3 is 2.39 bits per heavy atom. The maximum absolute atomic E-state index is 13.6. The molecule has 0 bridgehead atoms. The van der Waals surface area contributed by atoms with Gasteiger partial charge in [0.05, 0.1) is 18.8 Å². The number of allylic oxidation sites excluding steroid dienone is 3. The first kappa shape index (κ1) is 22.1. The van der Waals surface area contributed by atoms with E-state index in [4.69, 9.17) is 4.74 Å². The molecule has 1 aromatic carbocycles. The molecular weight excluding hydrogens is 348 g/mol. The summed E-state index contributed by atoms with van der Waals surface area (Å²) in [5.41, 5.74) is 2.24. The van der Waals surface area contributed by atoms with Gasteiger partial charge in [-0.25, -0.2) is 0 Å². The van der Waals surface area contributed by atoms with E-state index in [-0.39, 0.29) is 5.78 Å². The normalized spacial score (nSPS) is 17.8. The number of Topliss-reactive ketones (excluding diaryl/α,β-unsaturated/α-hetero) is 1. The Kier molecular flexibility index (Phi) is 8.21. The number of benzene rings is 1. The van der Waals surface area contributed by atoms with E-state index in [1.165, 1.54) is 5.56 Å². The van der Waals surface area contributed by atoms with Crippen LogP contribution in [0.5, 0.6) is 0 Å². The van der Waals surface area contributed by atoms with Crippen molar-refractivity contribution in [3.05, 3.63) is 72.0 Å². The van der Waals surface area contributed by atoms with Gasteiger partial charge in [-0.3, -0.25) is 9.69 Å². The average Bonchev–Trinajstić information content (AvgIpc) is 2.73. The van der Waals surface area contributed by atoms with Crippen LogP contribution in [0.15, 0.2) is 66.4 Å². The summed E-state index contributed by atoms with van der Waals surface area (Å²) in [6.45, 7) is 11.3. The minimum absolute atomic E-state index is 0.150. The van der Waals surface area contributed by atoms with Crippen LogP contribution in [-0.2, 0) is 16.0 Å². The van der Waals surface area contributed by atoms with Crippen molar-refractivity contribution >= 4 is 5.78 Å². The number of rotatable bonds is 9. The molecule has 4 heteroatoms. The minimum atomic E-state index is -0.576. The zero-order chi connectivity index (χ0) is 20.6. The van der Waals surface area contributed by atoms with Gasteiger partial charge >= 0.3 is 0 Å². The first-order valence-electron chi connectivity index (χ1n) is 10.1. The van der Waals surface area contributed by atoms with Crippen LogP contribution in [0.1, 0.15) is 25.8 Å². The largest absolute Gasteiger partial charge is 0.378 e. The van der Waals surface area contributed by atoms with Crippen molar-refractivity contribution in [1.29, 1.82) is 0 Å². The van der Waals surface area contributed by atoms with Gasteiger partial charge in [0.25, 0.3) is 0 Å². The van der Waals surface area contributed by atoms with Crippen LogP contribution in [0.2, 0.25) is 0 Å². The molecule has 0 aliphatic carbocycles. The topological polar surface area (TPSA) is 32.8 Å². The highest BCUT2D eigenvalue weighted by atomic mass is 16.5. The summed E-state index contributed by atoms with van der Waals surface area (Å²) >= 11 is 0. The summed E-state index contributed by atoms with van der Waals surface area (Å²) in [5, 5.41) is 0. The lowest BCUT2D eigenvalue weighted by Gasteiger charge is -2.38. The van der Waals surface area contributed by atoms with Gasteiger partial charge in [-0.2, -0.15) is 0 Å². The van der Waals surface area contributed by atoms with E-state index in [1.807, 2.05) is 57.4 Å². The van der Waals surface area contributed by atoms with Gasteiger partial charge in [-0.05, 0) is 51.6 Å². The molecule has 4 nitrogen and oxygen atoms in total. The Bertz CT molecular complexity index is 715. The van der Waals surface area contributed by atoms with Crippen LogP contribution in [-0.4, -0.2) is 61.5 Å². The number of carbonyl (C=O) groups excluding carboxylic acids is 1. The van der Waals surface area contributed by atoms with Crippen LogP contribution in [0.25, 0.3) is 0 Å². The highest BCUT2D eigenvalue weighted by Gasteiger charge is 2.39. The van der Waals surface area contributed by atoms with Gasteiger partial charge < -0.3 is 9.64 Å². The van der Waals surface area contributed by atoms with Crippen molar-refractivity contribution in [2.45, 2.75) is 32.2 Å². The quantitative estimate of drug-likeness (QED) is 0.480. The number of carbonyl (C=O) groups is 1. The highest BCUT2D eigenvalue weighted by molar-refractivity contribution is 6.05. The number of hydrogen-bond donors (Lipinski definition) is 0. The van der Waals surface area contributed by atoms with Gasteiger partial charge in [-0.1, -0.05) is 49.9 Å². The van der Waals surface area contributed by atoms with Gasteiger partial charge in [-0.15, -0.1) is 0 Å². The van der Waals surface area contributed by atoms with E-state index in [9.17, 15) is 4.79 Å². The SMILES string of the molecule is C=C(/C=C\C(=C/C)C(=O)C(CC)(Cc1ccccc1)N(C)C)N1CCOCC1. The summed E-state index contributed by atoms with van der Waals surface area (Å²) in [6.07, 6.45) is 7.20. The van der Waals surface area contributed by atoms with Crippen molar-refractivity contribution in [3.8, 4) is 0 Å². The summed E-state index contributed by atoms with van der Waals surface area (Å²) in [4.78, 5) is 17.9. The number of ether oxygens (including phenoxy) is 1. The summed E-state index contributed by atoms with van der Waals surface area (Å²) < 4.78 is 5.40. The molecule has 28 heavy (non-hydrogen) atoms. The molecule has 1 aromatic rings. The summed E-state index contributed by atoms with van der Waals surface area (Å²) in [7, 11) is 3.99. The Morgan fingerprint density at radius 1 is 1.21 bits per heavy atom. The molecule has 1 aliphatic heterocycles. The summed E-state index contributed by atoms with van der Waals surface area (Å²) in [5.74, 6) is 0.150. The molecule has 0 saturated carbocycles. The van der Waals surface area contributed by atoms with Crippen molar-refractivity contribution in [2.75, 3.05) is 40.4 Å². The molecule has 1 aliphatic rings. The second-order valence-corrected chi connectivity index (χ2v) is 7.44. The third-order valence-corrected chi connectivity index (χ3v) is 5.65. The second kappa shape index (κ2) is 10.4. The number of morpholine rings is 1. The Balaban J connectivity index is 2.23. The highest BCUT2D eigenvalue weighted by Crippen LogP contribution is 2.28. The van der Waals surface area contributed by atoms with Crippen LogP contribution >= 0.6 is 0 Å². The molecule has 0 amide bonds. The maximum Gasteiger partial charge on any atom is 0.183 e. The fourth-order valence-corrected chi connectivity index (χ4v) is 3.69. The van der Waals surface area contributed by atoms with Gasteiger partial charge in [0.1, 0.15) is 0 Å². The molecule has 1 fully saturated rings.